The zero-order valence-electron chi connectivity index (χ0n) is 10.1. The molecule has 2 heteroatoms. The summed E-state index contributed by atoms with van der Waals surface area (Å²) in [6.07, 6.45) is 1.07. The van der Waals surface area contributed by atoms with E-state index in [1.807, 2.05) is 6.07 Å². The molecule has 2 aliphatic heterocycles. The van der Waals surface area contributed by atoms with Crippen LogP contribution in [0.5, 0.6) is 5.75 Å². The van der Waals surface area contributed by atoms with Gasteiger partial charge in [0.25, 0.3) is 0 Å². The van der Waals surface area contributed by atoms with E-state index in [1.54, 1.807) is 0 Å². The third kappa shape index (κ3) is 1.35. The Kier molecular flexibility index (Phi) is 2.10. The molecule has 0 aliphatic carbocycles. The van der Waals surface area contributed by atoms with Crippen molar-refractivity contribution in [3.63, 3.8) is 0 Å². The molecule has 90 valence electrons. The molecule has 0 amide bonds. The molecule has 0 spiro atoms. The summed E-state index contributed by atoms with van der Waals surface area (Å²) in [4.78, 5) is 0. The van der Waals surface area contributed by atoms with Crippen molar-refractivity contribution in [2.75, 3.05) is 11.9 Å². The number of anilines is 1. The van der Waals surface area contributed by atoms with Crippen molar-refractivity contribution >= 4 is 5.69 Å². The Balaban J connectivity index is 1.85. The maximum atomic E-state index is 5.86. The maximum absolute atomic E-state index is 5.86. The van der Waals surface area contributed by atoms with E-state index in [2.05, 4.69) is 47.8 Å². The summed E-state index contributed by atoms with van der Waals surface area (Å²) >= 11 is 0. The fourth-order valence-electron chi connectivity index (χ4n) is 3.18. The van der Waals surface area contributed by atoms with Gasteiger partial charge >= 0.3 is 0 Å². The molecule has 2 aromatic rings. The number of ether oxygens (including phenoxy) is 1. The molecule has 4 rings (SSSR count). The van der Waals surface area contributed by atoms with Gasteiger partial charge in [0.2, 0.25) is 0 Å². The van der Waals surface area contributed by atoms with Crippen LogP contribution in [0.2, 0.25) is 0 Å². The summed E-state index contributed by atoms with van der Waals surface area (Å²) < 4.78 is 5.86. The van der Waals surface area contributed by atoms with Gasteiger partial charge in [-0.25, -0.2) is 0 Å². The van der Waals surface area contributed by atoms with Crippen LogP contribution < -0.4 is 10.1 Å². The molecule has 0 fully saturated rings. The Morgan fingerprint density at radius 3 is 2.67 bits per heavy atom. The fraction of sp³-hybridized carbons (Fsp3) is 0.250. The van der Waals surface area contributed by atoms with Crippen molar-refractivity contribution in [1.82, 2.24) is 0 Å². The maximum Gasteiger partial charge on any atom is 0.124 e. The van der Waals surface area contributed by atoms with Gasteiger partial charge in [0, 0.05) is 17.2 Å². The number of nitrogens with one attached hydrogen (secondary N) is 1. The highest BCUT2D eigenvalue weighted by Crippen LogP contribution is 2.49. The highest BCUT2D eigenvalue weighted by atomic mass is 16.5. The minimum Gasteiger partial charge on any atom is -0.493 e. The topological polar surface area (TPSA) is 21.3 Å². The van der Waals surface area contributed by atoms with Gasteiger partial charge in [-0.15, -0.1) is 0 Å². The molecule has 0 saturated heterocycles. The van der Waals surface area contributed by atoms with Crippen LogP contribution in [-0.2, 0) is 0 Å². The summed E-state index contributed by atoms with van der Waals surface area (Å²) in [5, 5.41) is 3.65. The van der Waals surface area contributed by atoms with Gasteiger partial charge < -0.3 is 10.1 Å². The smallest absolute Gasteiger partial charge is 0.124 e. The van der Waals surface area contributed by atoms with Gasteiger partial charge in [0.1, 0.15) is 5.75 Å². The average Bonchev–Trinajstić information content (AvgIpc) is 2.69. The van der Waals surface area contributed by atoms with E-state index < -0.39 is 0 Å². The second-order valence-electron chi connectivity index (χ2n) is 4.99. The van der Waals surface area contributed by atoms with Crippen molar-refractivity contribution in [2.45, 2.75) is 18.4 Å². The van der Waals surface area contributed by atoms with Gasteiger partial charge in [-0.05, 0) is 24.1 Å². The Morgan fingerprint density at radius 2 is 1.72 bits per heavy atom. The highest BCUT2D eigenvalue weighted by molar-refractivity contribution is 5.62. The van der Waals surface area contributed by atoms with Gasteiger partial charge in [-0.2, -0.15) is 0 Å². The minimum atomic E-state index is 0.362. The number of rotatable bonds is 0. The molecular weight excluding hydrogens is 222 g/mol. The van der Waals surface area contributed by atoms with Crippen LogP contribution in [0.1, 0.15) is 29.5 Å². The molecular formula is C16H15NO. The molecule has 2 atom stereocenters. The molecule has 0 aromatic heterocycles. The van der Waals surface area contributed by atoms with Crippen molar-refractivity contribution in [1.29, 1.82) is 0 Å². The average molecular weight is 237 g/mol. The van der Waals surface area contributed by atoms with Gasteiger partial charge in [-0.1, -0.05) is 36.4 Å². The summed E-state index contributed by atoms with van der Waals surface area (Å²) in [7, 11) is 0. The zero-order valence-corrected chi connectivity index (χ0v) is 10.1. The minimum absolute atomic E-state index is 0.362. The van der Waals surface area contributed by atoms with E-state index in [0.717, 1.165) is 18.8 Å². The van der Waals surface area contributed by atoms with Crippen molar-refractivity contribution in [3.05, 3.63) is 59.7 Å². The largest absolute Gasteiger partial charge is 0.493 e. The van der Waals surface area contributed by atoms with E-state index in [9.17, 15) is 0 Å². The van der Waals surface area contributed by atoms with Gasteiger partial charge in [-0.3, -0.25) is 0 Å². The molecule has 2 aromatic carbocycles. The van der Waals surface area contributed by atoms with Crippen LogP contribution in [-0.4, -0.2) is 6.61 Å². The van der Waals surface area contributed by atoms with E-state index in [-0.39, 0.29) is 0 Å². The SMILES string of the molecule is c1ccc2c(c1)NC1c3ccccc3OCCC21. The van der Waals surface area contributed by atoms with Crippen molar-refractivity contribution < 1.29 is 4.74 Å². The van der Waals surface area contributed by atoms with Crippen LogP contribution in [0.4, 0.5) is 5.69 Å². The predicted octanol–water partition coefficient (Wildman–Crippen LogP) is 3.72. The lowest BCUT2D eigenvalue weighted by atomic mass is 9.88. The molecule has 0 saturated carbocycles. The summed E-state index contributed by atoms with van der Waals surface area (Å²) in [5.41, 5.74) is 4.00. The molecule has 18 heavy (non-hydrogen) atoms. The molecule has 2 aliphatic rings. The molecule has 2 heterocycles. The standard InChI is InChI=1S/C16H15NO/c1-3-7-14-11(5-1)12-9-10-18-15-8-4-2-6-13(15)16(12)17-14/h1-8,12,16-17H,9-10H2. The Hall–Kier alpha value is -1.96. The van der Waals surface area contributed by atoms with E-state index in [4.69, 9.17) is 4.74 Å². The second kappa shape index (κ2) is 3.77. The molecule has 1 N–H and O–H groups in total. The Labute approximate surface area is 107 Å². The lowest BCUT2D eigenvalue weighted by molar-refractivity contribution is 0.309. The lowest BCUT2D eigenvalue weighted by Gasteiger charge is -2.17. The lowest BCUT2D eigenvalue weighted by Crippen LogP contribution is -2.10. The Morgan fingerprint density at radius 1 is 0.944 bits per heavy atom. The first kappa shape index (κ1) is 10.0. The predicted molar refractivity (Wildman–Crippen MR) is 72.1 cm³/mol. The second-order valence-corrected chi connectivity index (χ2v) is 4.99. The quantitative estimate of drug-likeness (QED) is 0.754. The van der Waals surface area contributed by atoms with Gasteiger partial charge in [0.15, 0.2) is 0 Å². The summed E-state index contributed by atoms with van der Waals surface area (Å²) in [5.74, 6) is 1.56. The Bertz CT molecular complexity index is 593. The summed E-state index contributed by atoms with van der Waals surface area (Å²) in [6.45, 7) is 0.800. The normalized spacial score (nSPS) is 24.0. The van der Waals surface area contributed by atoms with Crippen LogP contribution in [0, 0.1) is 0 Å². The number of para-hydroxylation sites is 2. The van der Waals surface area contributed by atoms with Crippen LogP contribution >= 0.6 is 0 Å². The number of hydrogen-bond donors (Lipinski definition) is 1. The van der Waals surface area contributed by atoms with Crippen LogP contribution in [0.25, 0.3) is 0 Å². The number of benzene rings is 2. The fourth-order valence-corrected chi connectivity index (χ4v) is 3.18. The van der Waals surface area contributed by atoms with E-state index >= 15 is 0 Å². The van der Waals surface area contributed by atoms with Crippen molar-refractivity contribution in [3.8, 4) is 5.75 Å². The summed E-state index contributed by atoms with van der Waals surface area (Å²) in [6, 6.07) is 17.4. The monoisotopic (exact) mass is 237 g/mol. The van der Waals surface area contributed by atoms with E-state index in [1.165, 1.54) is 16.8 Å². The first-order valence-corrected chi connectivity index (χ1v) is 6.51. The molecule has 2 nitrogen and oxygen atoms in total. The number of hydrogen-bond acceptors (Lipinski definition) is 2. The third-order valence-corrected chi connectivity index (χ3v) is 4.01. The third-order valence-electron chi connectivity index (χ3n) is 4.01. The molecule has 2 unspecified atom stereocenters. The van der Waals surface area contributed by atoms with Crippen LogP contribution in [0.3, 0.4) is 0 Å². The van der Waals surface area contributed by atoms with Crippen molar-refractivity contribution in [2.24, 2.45) is 0 Å². The van der Waals surface area contributed by atoms with Crippen LogP contribution in [0.15, 0.2) is 48.5 Å². The van der Waals surface area contributed by atoms with E-state index in [0.29, 0.717) is 12.0 Å². The molecule has 0 radical (unpaired) electrons. The molecule has 0 bridgehead atoms. The first-order valence-electron chi connectivity index (χ1n) is 6.51. The highest BCUT2D eigenvalue weighted by Gasteiger charge is 2.35. The number of fused-ring (bicyclic) bond motifs is 5. The van der Waals surface area contributed by atoms with Gasteiger partial charge in [0.05, 0.1) is 12.6 Å². The zero-order chi connectivity index (χ0) is 11.9. The first-order chi connectivity index (χ1) is 8.93.